The summed E-state index contributed by atoms with van der Waals surface area (Å²) in [7, 11) is 0. The van der Waals surface area contributed by atoms with Crippen LogP contribution >= 0.6 is 11.6 Å². The number of pyridine rings is 1. The molecule has 0 aliphatic rings. The van der Waals surface area contributed by atoms with Gasteiger partial charge in [0.1, 0.15) is 5.75 Å². The maximum atomic E-state index is 11.9. The van der Waals surface area contributed by atoms with E-state index in [4.69, 9.17) is 22.1 Å². The van der Waals surface area contributed by atoms with Gasteiger partial charge in [-0.25, -0.2) is 0 Å². The highest BCUT2D eigenvalue weighted by Gasteiger charge is 2.11. The number of halogens is 1. The van der Waals surface area contributed by atoms with Crippen LogP contribution < -0.4 is 16.0 Å². The number of nitrogens with two attached hydrogens (primary N) is 1. The molecule has 2 rings (SSSR count). The third-order valence-electron chi connectivity index (χ3n) is 2.78. The molecule has 0 bridgehead atoms. The molecule has 0 spiro atoms. The van der Waals surface area contributed by atoms with Crippen molar-refractivity contribution < 1.29 is 4.74 Å². The van der Waals surface area contributed by atoms with Gasteiger partial charge < -0.3 is 15.5 Å². The Bertz CT molecular complexity index is 662. The third-order valence-corrected chi connectivity index (χ3v) is 3.07. The molecule has 0 unspecified atom stereocenters. The van der Waals surface area contributed by atoms with E-state index >= 15 is 0 Å². The van der Waals surface area contributed by atoms with Crippen molar-refractivity contribution in [2.75, 3.05) is 0 Å². The van der Waals surface area contributed by atoms with E-state index in [-0.39, 0.29) is 17.7 Å². The van der Waals surface area contributed by atoms with Gasteiger partial charge in [0.05, 0.1) is 16.6 Å². The molecule has 0 aliphatic carbocycles. The Morgan fingerprint density at radius 1 is 1.26 bits per heavy atom. The molecule has 0 saturated heterocycles. The average molecular weight is 281 g/mol. The van der Waals surface area contributed by atoms with Gasteiger partial charge in [0.2, 0.25) is 0 Å². The van der Waals surface area contributed by atoms with Crippen molar-refractivity contribution in [3.8, 4) is 5.75 Å². The maximum absolute atomic E-state index is 11.9. The summed E-state index contributed by atoms with van der Waals surface area (Å²) in [5.74, 6) is 0.563. The van der Waals surface area contributed by atoms with Crippen LogP contribution in [0.5, 0.6) is 5.75 Å². The highest BCUT2D eigenvalue weighted by Crippen LogP contribution is 2.30. The highest BCUT2D eigenvalue weighted by molar-refractivity contribution is 6.32. The number of fused-ring (bicyclic) bond motifs is 1. The van der Waals surface area contributed by atoms with Crippen LogP contribution in [0.3, 0.4) is 0 Å². The second-order valence-electron chi connectivity index (χ2n) is 4.88. The Kier molecular flexibility index (Phi) is 3.83. The van der Waals surface area contributed by atoms with Gasteiger partial charge in [0.25, 0.3) is 5.56 Å². The summed E-state index contributed by atoms with van der Waals surface area (Å²) in [4.78, 5) is 14.7. The minimum Gasteiger partial charge on any atom is -0.489 e. The summed E-state index contributed by atoms with van der Waals surface area (Å²) in [5.41, 5.74) is 6.81. The highest BCUT2D eigenvalue weighted by atomic mass is 35.5. The van der Waals surface area contributed by atoms with E-state index in [9.17, 15) is 4.79 Å². The lowest BCUT2D eigenvalue weighted by Crippen LogP contribution is -2.19. The van der Waals surface area contributed by atoms with Crippen LogP contribution in [0.25, 0.3) is 10.9 Å². The molecule has 2 aromatic rings. The van der Waals surface area contributed by atoms with E-state index in [1.54, 1.807) is 25.1 Å². The zero-order chi connectivity index (χ0) is 14.2. The van der Waals surface area contributed by atoms with E-state index in [0.29, 0.717) is 21.9 Å². The van der Waals surface area contributed by atoms with Crippen molar-refractivity contribution in [2.24, 2.45) is 5.73 Å². The van der Waals surface area contributed by atoms with Crippen molar-refractivity contribution in [1.82, 2.24) is 4.98 Å². The van der Waals surface area contributed by atoms with Crippen LogP contribution in [-0.4, -0.2) is 11.1 Å². The maximum Gasteiger partial charge on any atom is 0.253 e. The SMILES string of the molecule is CC(C)Oc1cc2[nH]c(=O)c([C@H](C)N)cc2cc1Cl. The minimum absolute atomic E-state index is 0.0185. The lowest BCUT2D eigenvalue weighted by Gasteiger charge is -2.13. The van der Waals surface area contributed by atoms with Crippen LogP contribution in [0, 0.1) is 0 Å². The summed E-state index contributed by atoms with van der Waals surface area (Å²) < 4.78 is 5.59. The van der Waals surface area contributed by atoms with Crippen LogP contribution in [-0.2, 0) is 0 Å². The summed E-state index contributed by atoms with van der Waals surface area (Å²) in [6, 6.07) is 4.96. The van der Waals surface area contributed by atoms with E-state index in [1.807, 2.05) is 13.8 Å². The molecule has 5 heteroatoms. The smallest absolute Gasteiger partial charge is 0.253 e. The number of benzene rings is 1. The Labute approximate surface area is 116 Å². The van der Waals surface area contributed by atoms with E-state index in [2.05, 4.69) is 4.98 Å². The summed E-state index contributed by atoms with van der Waals surface area (Å²) in [6.45, 7) is 5.61. The topological polar surface area (TPSA) is 68.1 Å². The fraction of sp³-hybridized carbons (Fsp3) is 0.357. The number of aromatic nitrogens is 1. The molecule has 1 heterocycles. The molecule has 0 saturated carbocycles. The van der Waals surface area contributed by atoms with Crippen molar-refractivity contribution in [3.63, 3.8) is 0 Å². The van der Waals surface area contributed by atoms with Gasteiger partial charge in [-0.05, 0) is 32.9 Å². The molecule has 102 valence electrons. The van der Waals surface area contributed by atoms with E-state index in [0.717, 1.165) is 5.39 Å². The van der Waals surface area contributed by atoms with Crippen LogP contribution in [0.2, 0.25) is 5.02 Å². The molecule has 0 radical (unpaired) electrons. The first kappa shape index (κ1) is 13.9. The first-order chi connectivity index (χ1) is 8.88. The summed E-state index contributed by atoms with van der Waals surface area (Å²) in [5, 5.41) is 1.36. The predicted octanol–water partition coefficient (Wildman–Crippen LogP) is 2.99. The molecule has 4 nitrogen and oxygen atoms in total. The molecule has 1 atom stereocenters. The number of nitrogens with one attached hydrogen (secondary N) is 1. The normalized spacial score (nSPS) is 12.9. The molecule has 0 fully saturated rings. The van der Waals surface area contributed by atoms with Gasteiger partial charge in [-0.2, -0.15) is 0 Å². The molecule has 0 aliphatic heterocycles. The lowest BCUT2D eigenvalue weighted by molar-refractivity contribution is 0.243. The average Bonchev–Trinajstić information content (AvgIpc) is 2.29. The monoisotopic (exact) mass is 280 g/mol. The van der Waals surface area contributed by atoms with Crippen LogP contribution in [0.15, 0.2) is 23.0 Å². The fourth-order valence-electron chi connectivity index (χ4n) is 1.91. The van der Waals surface area contributed by atoms with Gasteiger partial charge in [-0.15, -0.1) is 0 Å². The molecule has 1 aromatic heterocycles. The Morgan fingerprint density at radius 2 is 1.95 bits per heavy atom. The molecular formula is C14H17ClN2O2. The fourth-order valence-corrected chi connectivity index (χ4v) is 2.12. The van der Waals surface area contributed by atoms with Gasteiger partial charge in [0, 0.05) is 23.1 Å². The number of rotatable bonds is 3. The molecule has 1 aromatic carbocycles. The Morgan fingerprint density at radius 3 is 2.53 bits per heavy atom. The Balaban J connectivity index is 2.62. The minimum atomic E-state index is -0.321. The molecule has 0 amide bonds. The van der Waals surface area contributed by atoms with Gasteiger partial charge in [-0.1, -0.05) is 11.6 Å². The zero-order valence-corrected chi connectivity index (χ0v) is 11.9. The van der Waals surface area contributed by atoms with Gasteiger partial charge >= 0.3 is 0 Å². The summed E-state index contributed by atoms with van der Waals surface area (Å²) in [6.07, 6.45) is 0.0185. The van der Waals surface area contributed by atoms with Crippen molar-refractivity contribution in [3.05, 3.63) is 39.1 Å². The van der Waals surface area contributed by atoms with Gasteiger partial charge in [0.15, 0.2) is 0 Å². The van der Waals surface area contributed by atoms with Crippen molar-refractivity contribution in [1.29, 1.82) is 0 Å². The largest absolute Gasteiger partial charge is 0.489 e. The lowest BCUT2D eigenvalue weighted by atomic mass is 10.1. The standard InChI is InChI=1S/C14H17ClN2O2/c1-7(2)19-13-6-12-9(5-11(13)15)4-10(8(3)16)14(18)17-12/h4-8H,16H2,1-3H3,(H,17,18)/t8-/m0/s1. The zero-order valence-electron chi connectivity index (χ0n) is 11.2. The Hall–Kier alpha value is -1.52. The third kappa shape index (κ3) is 2.91. The second kappa shape index (κ2) is 5.23. The molecule has 3 N–H and O–H groups in total. The van der Waals surface area contributed by atoms with Crippen LogP contribution in [0.4, 0.5) is 0 Å². The predicted molar refractivity (Wildman–Crippen MR) is 77.9 cm³/mol. The molecule has 19 heavy (non-hydrogen) atoms. The van der Waals surface area contributed by atoms with Gasteiger partial charge in [-0.3, -0.25) is 4.79 Å². The first-order valence-electron chi connectivity index (χ1n) is 6.17. The van der Waals surface area contributed by atoms with E-state index in [1.165, 1.54) is 0 Å². The van der Waals surface area contributed by atoms with Crippen molar-refractivity contribution >= 4 is 22.5 Å². The van der Waals surface area contributed by atoms with Crippen LogP contribution in [0.1, 0.15) is 32.4 Å². The quantitative estimate of drug-likeness (QED) is 0.908. The van der Waals surface area contributed by atoms with E-state index < -0.39 is 0 Å². The number of ether oxygens (including phenoxy) is 1. The molecular weight excluding hydrogens is 264 g/mol. The van der Waals surface area contributed by atoms with Crippen molar-refractivity contribution in [2.45, 2.75) is 32.9 Å². The number of H-pyrrole nitrogens is 1. The first-order valence-corrected chi connectivity index (χ1v) is 6.55. The number of hydrogen-bond acceptors (Lipinski definition) is 3. The second-order valence-corrected chi connectivity index (χ2v) is 5.29. The number of hydrogen-bond donors (Lipinski definition) is 2. The summed E-state index contributed by atoms with van der Waals surface area (Å²) >= 11 is 6.17. The number of aromatic amines is 1.